The number of nitrogens with one attached hydrogen (secondary N) is 2. The second kappa shape index (κ2) is 11.8. The Morgan fingerprint density at radius 3 is 2.76 bits per heavy atom. The maximum absolute atomic E-state index is 12.6. The van der Waals surface area contributed by atoms with Crippen molar-refractivity contribution in [3.63, 3.8) is 0 Å². The number of aliphatic hydroxyl groups is 1. The van der Waals surface area contributed by atoms with Crippen molar-refractivity contribution in [1.29, 1.82) is 0 Å². The molecule has 10 heteroatoms. The Morgan fingerprint density at radius 2 is 2.03 bits per heavy atom. The van der Waals surface area contributed by atoms with Crippen LogP contribution in [-0.2, 0) is 9.02 Å². The fraction of sp³-hybridized carbons (Fsp3) is 0.458. The van der Waals surface area contributed by atoms with Gasteiger partial charge in [0.15, 0.2) is 11.5 Å². The lowest BCUT2D eigenvalue weighted by Gasteiger charge is -2.36. The molecule has 0 saturated carbocycles. The molecule has 3 rings (SSSR count). The molecule has 2 aromatic rings. The first-order valence-electron chi connectivity index (χ1n) is 11.2. The van der Waals surface area contributed by atoms with Crippen molar-refractivity contribution in [2.24, 2.45) is 0 Å². The smallest absolute Gasteiger partial charge is 0.414 e. The second-order valence-corrected chi connectivity index (χ2v) is 9.18. The summed E-state index contributed by atoms with van der Waals surface area (Å²) in [5.74, 6) is 0.0537. The van der Waals surface area contributed by atoms with Gasteiger partial charge in [0.2, 0.25) is 0 Å². The molecular formula is C24H33N3O6S. The largest absolute Gasteiger partial charge is 0.504 e. The number of hydrogen-bond donors (Lipinski definition) is 4. The van der Waals surface area contributed by atoms with Crippen molar-refractivity contribution >= 4 is 23.8 Å². The molecule has 2 unspecified atom stereocenters. The minimum Gasteiger partial charge on any atom is -0.504 e. The molecule has 0 bridgehead atoms. The van der Waals surface area contributed by atoms with Gasteiger partial charge in [-0.2, -0.15) is 4.28 Å². The zero-order chi connectivity index (χ0) is 24.7. The minimum atomic E-state index is -0.838. The van der Waals surface area contributed by atoms with Crippen LogP contribution in [0.4, 0.5) is 10.5 Å². The fourth-order valence-electron chi connectivity index (χ4n) is 3.75. The number of cyclic esters (lactones) is 1. The van der Waals surface area contributed by atoms with Gasteiger partial charge in [0, 0.05) is 42.5 Å². The number of β-amino-alcohol motifs (C(OH)–C–C–N with tert-alkyl or cyclic N) is 1. The van der Waals surface area contributed by atoms with Crippen LogP contribution < -0.4 is 20.7 Å². The van der Waals surface area contributed by atoms with Gasteiger partial charge in [0.1, 0.15) is 6.10 Å². The maximum Gasteiger partial charge on any atom is 0.414 e. The molecule has 0 aliphatic carbocycles. The van der Waals surface area contributed by atoms with Crippen LogP contribution in [0.15, 0.2) is 42.5 Å². The Bertz CT molecular complexity index is 973. The number of ether oxygens (including phenoxy) is 1. The van der Waals surface area contributed by atoms with Crippen LogP contribution in [0.3, 0.4) is 0 Å². The zero-order valence-corrected chi connectivity index (χ0v) is 20.7. The van der Waals surface area contributed by atoms with E-state index in [0.29, 0.717) is 18.5 Å². The van der Waals surface area contributed by atoms with Gasteiger partial charge in [-0.1, -0.05) is 31.2 Å². The molecule has 1 aliphatic rings. The first-order chi connectivity index (χ1) is 16.3. The summed E-state index contributed by atoms with van der Waals surface area (Å²) < 4.78 is 10.5. The average Bonchev–Trinajstić information content (AvgIpc) is 2.82. The number of aliphatic hydroxyl groups excluding tert-OH is 1. The predicted molar refractivity (Wildman–Crippen MR) is 131 cm³/mol. The Kier molecular flexibility index (Phi) is 9.03. The number of aromatic hydroxyl groups is 1. The van der Waals surface area contributed by atoms with Crippen LogP contribution in [0.5, 0.6) is 11.5 Å². The number of hydrogen-bond acceptors (Lipinski definition) is 9. The van der Waals surface area contributed by atoms with Crippen molar-refractivity contribution < 1.29 is 28.9 Å². The molecule has 0 saturated heterocycles. The second-order valence-electron chi connectivity index (χ2n) is 8.68. The highest BCUT2D eigenvalue weighted by Gasteiger charge is 2.32. The third-order valence-electron chi connectivity index (χ3n) is 5.78. The summed E-state index contributed by atoms with van der Waals surface area (Å²) in [6.45, 7) is 6.78. The van der Waals surface area contributed by atoms with Gasteiger partial charge >= 0.3 is 6.09 Å². The van der Waals surface area contributed by atoms with Crippen molar-refractivity contribution in [3.8, 4) is 11.5 Å². The number of phenolic OH excluding ortho intramolecular Hbond substituents is 1. The zero-order valence-electron chi connectivity index (χ0n) is 19.9. The van der Waals surface area contributed by atoms with Crippen LogP contribution in [-0.4, -0.2) is 41.2 Å². The van der Waals surface area contributed by atoms with Gasteiger partial charge in [0.25, 0.3) is 0 Å². The molecule has 34 heavy (non-hydrogen) atoms. The van der Waals surface area contributed by atoms with E-state index in [1.165, 1.54) is 12.1 Å². The molecule has 0 spiro atoms. The molecule has 4 N–H and O–H groups in total. The summed E-state index contributed by atoms with van der Waals surface area (Å²) in [6, 6.07) is 12.4. The highest BCUT2D eigenvalue weighted by molar-refractivity contribution is 7.93. The summed E-state index contributed by atoms with van der Waals surface area (Å²) in [6.07, 6.45) is 1.68. The van der Waals surface area contributed by atoms with Crippen LogP contribution in [0.25, 0.3) is 0 Å². The summed E-state index contributed by atoms with van der Waals surface area (Å²) in [7, 11) is 0. The van der Waals surface area contributed by atoms with Crippen molar-refractivity contribution in [1.82, 2.24) is 11.0 Å². The number of benzene rings is 2. The van der Waals surface area contributed by atoms with E-state index in [1.807, 2.05) is 45.0 Å². The van der Waals surface area contributed by atoms with Gasteiger partial charge in [-0.3, -0.25) is 4.90 Å². The normalized spacial score (nSPS) is 16.7. The molecule has 2 atom stereocenters. The summed E-state index contributed by atoms with van der Waals surface area (Å²) in [5, 5.41) is 24.0. The lowest BCUT2D eigenvalue weighted by atomic mass is 9.97. The minimum absolute atomic E-state index is 0.0829. The van der Waals surface area contributed by atoms with Crippen molar-refractivity contribution in [2.75, 3.05) is 24.2 Å². The van der Waals surface area contributed by atoms with E-state index < -0.39 is 6.10 Å². The number of anilines is 1. The molecule has 9 nitrogen and oxygen atoms in total. The monoisotopic (exact) mass is 491 g/mol. The number of carbonyl (C=O) groups excluding carboxylic acids is 1. The fourth-order valence-corrected chi connectivity index (χ4v) is 3.86. The highest BCUT2D eigenvalue weighted by Crippen LogP contribution is 2.36. The maximum atomic E-state index is 12.6. The summed E-state index contributed by atoms with van der Waals surface area (Å²) in [4.78, 5) is 19.5. The average molecular weight is 492 g/mol. The van der Waals surface area contributed by atoms with E-state index in [2.05, 4.69) is 11.0 Å². The van der Waals surface area contributed by atoms with E-state index in [1.54, 1.807) is 17.2 Å². The summed E-state index contributed by atoms with van der Waals surface area (Å²) >= 11 is 1.05. The first kappa shape index (κ1) is 26.1. The molecule has 0 aromatic heterocycles. The Morgan fingerprint density at radius 1 is 1.26 bits per heavy atom. The van der Waals surface area contributed by atoms with Crippen LogP contribution in [0.2, 0.25) is 0 Å². The number of rotatable bonds is 12. The number of phenols is 1. The lowest BCUT2D eigenvalue weighted by molar-refractivity contribution is -0.00335. The van der Waals surface area contributed by atoms with E-state index in [0.717, 1.165) is 29.7 Å². The third-order valence-corrected chi connectivity index (χ3v) is 6.02. The standard InChI is InChI=1S/C24H33N3O6S/c1-5-21-17-8-6-7-9-18(17)27(23(30)31-21)13-12-24(2,3)25-15-20(29)16-10-11-19(28)22(14-16)32-26-33-34-4/h6-11,14,20-21,25-26,28-29H,5,12-13,15H2,1-4H3. The van der Waals surface area contributed by atoms with Gasteiger partial charge in [-0.05, 0) is 56.1 Å². The molecule has 0 radical (unpaired) electrons. The quantitative estimate of drug-likeness (QED) is 0.195. The van der Waals surface area contributed by atoms with Gasteiger partial charge in [-0.25, -0.2) is 4.79 Å². The van der Waals surface area contributed by atoms with E-state index >= 15 is 0 Å². The SMILES string of the molecule is CCC1OC(=O)N(CCC(C)(C)NCC(O)c2ccc(O)c(ONOSC)c2)c2ccccc21. The number of amides is 1. The molecule has 0 fully saturated rings. The number of nitrogens with zero attached hydrogens (tertiary/aromatic N) is 1. The number of carbonyl (C=O) groups is 1. The Balaban J connectivity index is 1.58. The van der Waals surface area contributed by atoms with E-state index in [4.69, 9.17) is 13.9 Å². The Hall–Kier alpha value is -2.50. The molecule has 186 valence electrons. The molecule has 1 heterocycles. The van der Waals surface area contributed by atoms with Gasteiger partial charge < -0.3 is 25.1 Å². The lowest BCUT2D eigenvalue weighted by Crippen LogP contribution is -2.46. The number of para-hydroxylation sites is 1. The molecule has 2 aromatic carbocycles. The highest BCUT2D eigenvalue weighted by atomic mass is 32.2. The Labute approximate surface area is 204 Å². The number of fused-ring (bicyclic) bond motifs is 1. The first-order valence-corrected chi connectivity index (χ1v) is 12.3. The van der Waals surface area contributed by atoms with Crippen LogP contribution in [0, 0.1) is 0 Å². The predicted octanol–water partition coefficient (Wildman–Crippen LogP) is 4.38. The van der Waals surface area contributed by atoms with Crippen molar-refractivity contribution in [2.45, 2.75) is 51.4 Å². The molecule has 1 amide bonds. The van der Waals surface area contributed by atoms with E-state index in [9.17, 15) is 15.0 Å². The van der Waals surface area contributed by atoms with Gasteiger partial charge in [-0.15, -0.1) is 0 Å². The van der Waals surface area contributed by atoms with Crippen molar-refractivity contribution in [3.05, 3.63) is 53.6 Å². The molecular weight excluding hydrogens is 458 g/mol. The molecule has 1 aliphatic heterocycles. The van der Waals surface area contributed by atoms with Crippen LogP contribution >= 0.6 is 12.0 Å². The topological polar surface area (TPSA) is 113 Å². The van der Waals surface area contributed by atoms with Gasteiger partial charge in [0.05, 0.1) is 11.8 Å². The summed E-state index contributed by atoms with van der Waals surface area (Å²) in [5.41, 5.74) is 4.35. The van der Waals surface area contributed by atoms with E-state index in [-0.39, 0.29) is 35.8 Å². The van der Waals surface area contributed by atoms with Crippen LogP contribution in [0.1, 0.15) is 56.9 Å². The third kappa shape index (κ3) is 6.55.